The molecule has 0 aliphatic carbocycles. The highest BCUT2D eigenvalue weighted by Gasteiger charge is 2.06. The Morgan fingerprint density at radius 2 is 2.29 bits per heavy atom. The van der Waals surface area contributed by atoms with Gasteiger partial charge in [-0.25, -0.2) is 4.79 Å². The van der Waals surface area contributed by atoms with Gasteiger partial charge in [0.2, 0.25) is 6.20 Å². The molecule has 0 saturated carbocycles. The van der Waals surface area contributed by atoms with Crippen molar-refractivity contribution >= 4 is 11.6 Å². The zero-order valence-corrected chi connectivity index (χ0v) is 7.73. The molecule has 0 spiro atoms. The smallest absolute Gasteiger partial charge is 0.391 e. The summed E-state index contributed by atoms with van der Waals surface area (Å²) < 4.78 is 0. The maximum Gasteiger partial charge on any atom is 0.391 e. The lowest BCUT2D eigenvalue weighted by molar-refractivity contribution is -0.688. The Kier molecular flexibility index (Phi) is 2.01. The van der Waals surface area contributed by atoms with Crippen molar-refractivity contribution in [2.75, 3.05) is 0 Å². The molecule has 0 aliphatic heterocycles. The monoisotopic (exact) mass is 211 g/mol. The molecule has 1 aromatic heterocycles. The molecular formula is C8H6ClN3O2. The second kappa shape index (κ2) is 3.19. The van der Waals surface area contributed by atoms with Crippen molar-refractivity contribution < 1.29 is 4.85 Å². The zero-order valence-electron chi connectivity index (χ0n) is 6.98. The minimum absolute atomic E-state index is 0.411. The molecule has 2 rings (SSSR count). The van der Waals surface area contributed by atoms with Gasteiger partial charge in [0.1, 0.15) is 5.69 Å². The third-order valence-corrected chi connectivity index (χ3v) is 1.93. The van der Waals surface area contributed by atoms with Gasteiger partial charge in [0.15, 0.2) is 0 Å². The summed E-state index contributed by atoms with van der Waals surface area (Å²) in [6.45, 7) is 0. The van der Waals surface area contributed by atoms with Crippen LogP contribution in [-0.2, 0) is 0 Å². The molecule has 0 bridgehead atoms. The van der Waals surface area contributed by atoms with E-state index in [4.69, 9.17) is 11.6 Å². The van der Waals surface area contributed by atoms with E-state index in [9.17, 15) is 10.0 Å². The maximum absolute atomic E-state index is 11.2. The summed E-state index contributed by atoms with van der Waals surface area (Å²) in [6.07, 6.45) is 0.904. The first-order valence-corrected chi connectivity index (χ1v) is 4.22. The summed E-state index contributed by atoms with van der Waals surface area (Å²) in [4.78, 5) is 12.3. The number of nitrogens with zero attached hydrogens (tertiary/aromatic N) is 2. The molecule has 0 atom stereocenters. The molecule has 1 heterocycles. The molecular weight excluding hydrogens is 206 g/mol. The van der Waals surface area contributed by atoms with Crippen LogP contribution in [0.1, 0.15) is 0 Å². The normalized spacial score (nSPS) is 10.4. The number of hydrogen-bond acceptors (Lipinski definition) is 2. The Balaban J connectivity index is 2.59. The molecule has 2 aromatic rings. The number of rotatable bonds is 1. The van der Waals surface area contributed by atoms with Gasteiger partial charge in [-0.15, -0.1) is 5.10 Å². The third-order valence-electron chi connectivity index (χ3n) is 1.69. The number of aromatic nitrogens is 3. The van der Waals surface area contributed by atoms with Crippen LogP contribution in [0.4, 0.5) is 0 Å². The zero-order chi connectivity index (χ0) is 10.1. The van der Waals surface area contributed by atoms with Crippen LogP contribution in [0.5, 0.6) is 0 Å². The molecule has 0 radical (unpaired) electrons. The average molecular weight is 212 g/mol. The Hall–Kier alpha value is -1.75. The van der Waals surface area contributed by atoms with E-state index in [-0.39, 0.29) is 0 Å². The van der Waals surface area contributed by atoms with Crippen molar-refractivity contribution in [3.05, 3.63) is 51.0 Å². The van der Waals surface area contributed by atoms with E-state index < -0.39 is 5.56 Å². The van der Waals surface area contributed by atoms with Crippen molar-refractivity contribution in [2.24, 2.45) is 0 Å². The number of halogens is 1. The van der Waals surface area contributed by atoms with Gasteiger partial charge in [0, 0.05) is 5.02 Å². The fourth-order valence-electron chi connectivity index (χ4n) is 1.13. The Morgan fingerprint density at radius 3 is 2.86 bits per heavy atom. The van der Waals surface area contributed by atoms with E-state index in [1.807, 2.05) is 0 Å². The number of nitrogens with one attached hydrogen (secondary N) is 1. The van der Waals surface area contributed by atoms with E-state index >= 15 is 0 Å². The first kappa shape index (κ1) is 8.83. The number of H-pyrrole nitrogens is 1. The first-order valence-electron chi connectivity index (χ1n) is 3.84. The van der Waals surface area contributed by atoms with Gasteiger partial charge in [0.05, 0.1) is 0 Å². The van der Waals surface area contributed by atoms with Crippen LogP contribution >= 0.6 is 11.6 Å². The first-order chi connectivity index (χ1) is 6.66. The lowest BCUT2D eigenvalue weighted by Gasteiger charge is -2.03. The van der Waals surface area contributed by atoms with Crippen LogP contribution in [0.15, 0.2) is 35.3 Å². The van der Waals surface area contributed by atoms with E-state index in [0.29, 0.717) is 15.6 Å². The summed E-state index contributed by atoms with van der Waals surface area (Å²) in [5.41, 5.74) is 0.0505. The molecule has 0 saturated heterocycles. The summed E-state index contributed by atoms with van der Waals surface area (Å²) in [5, 5.41) is 14.0. The van der Waals surface area contributed by atoms with Crippen LogP contribution in [0.25, 0.3) is 5.69 Å². The summed E-state index contributed by atoms with van der Waals surface area (Å²) in [6, 6.07) is 6.61. The van der Waals surface area contributed by atoms with E-state index in [1.165, 1.54) is 0 Å². The highest BCUT2D eigenvalue weighted by Crippen LogP contribution is 2.11. The van der Waals surface area contributed by atoms with Crippen LogP contribution in [-0.4, -0.2) is 9.90 Å². The van der Waals surface area contributed by atoms with Gasteiger partial charge >= 0.3 is 5.56 Å². The molecule has 0 aliphatic rings. The maximum atomic E-state index is 11.2. The standard InChI is InChI=1S/C8H6ClN3O2/c9-6-2-1-3-7(4-6)12-10-8(13)5-11(12)14/h1-5H,(H,10,13). The van der Waals surface area contributed by atoms with Crippen LogP contribution in [0.2, 0.25) is 5.02 Å². The van der Waals surface area contributed by atoms with Gasteiger partial charge < -0.3 is 5.21 Å². The van der Waals surface area contributed by atoms with Crippen molar-refractivity contribution in [1.82, 2.24) is 9.90 Å². The molecule has 0 fully saturated rings. The SMILES string of the molecule is O=c1c[n+]([O-])n(-c2cccc(Cl)c2)[nH]1. The van der Waals surface area contributed by atoms with Crippen LogP contribution < -0.4 is 10.4 Å². The largest absolute Gasteiger partial charge is 0.692 e. The van der Waals surface area contributed by atoms with Crippen LogP contribution in [0.3, 0.4) is 0 Å². The molecule has 5 nitrogen and oxygen atoms in total. The number of hydrogen-bond donors (Lipinski definition) is 1. The highest BCUT2D eigenvalue weighted by molar-refractivity contribution is 6.30. The second-order valence-electron chi connectivity index (χ2n) is 2.70. The summed E-state index contributed by atoms with van der Waals surface area (Å²) >= 11 is 5.74. The van der Waals surface area contributed by atoms with Crippen molar-refractivity contribution in [3.8, 4) is 5.69 Å². The quantitative estimate of drug-likeness (QED) is 0.550. The molecule has 6 heteroatoms. The fraction of sp³-hybridized carbons (Fsp3) is 0. The van der Waals surface area contributed by atoms with Gasteiger partial charge in [-0.2, -0.15) is 4.85 Å². The lowest BCUT2D eigenvalue weighted by atomic mass is 10.3. The van der Waals surface area contributed by atoms with E-state index in [0.717, 1.165) is 11.0 Å². The Morgan fingerprint density at radius 1 is 1.50 bits per heavy atom. The topological polar surface area (TPSA) is 64.7 Å². The molecule has 14 heavy (non-hydrogen) atoms. The Labute approximate surface area is 83.7 Å². The van der Waals surface area contributed by atoms with Crippen LogP contribution in [0, 0.1) is 5.21 Å². The molecule has 1 aromatic carbocycles. The van der Waals surface area contributed by atoms with E-state index in [1.54, 1.807) is 24.3 Å². The van der Waals surface area contributed by atoms with Gasteiger partial charge in [-0.05, 0) is 23.0 Å². The van der Waals surface area contributed by atoms with Crippen molar-refractivity contribution in [2.45, 2.75) is 0 Å². The lowest BCUT2D eigenvalue weighted by Crippen LogP contribution is -2.36. The summed E-state index contributed by atoms with van der Waals surface area (Å²) in [7, 11) is 0. The highest BCUT2D eigenvalue weighted by atomic mass is 35.5. The van der Waals surface area contributed by atoms with Gasteiger partial charge in [0.25, 0.3) is 0 Å². The fourth-order valence-corrected chi connectivity index (χ4v) is 1.31. The van der Waals surface area contributed by atoms with Crippen molar-refractivity contribution in [1.29, 1.82) is 0 Å². The minimum atomic E-state index is -0.458. The minimum Gasteiger partial charge on any atom is -0.692 e. The molecule has 1 N–H and O–H groups in total. The predicted molar refractivity (Wildman–Crippen MR) is 50.4 cm³/mol. The van der Waals surface area contributed by atoms with Gasteiger partial charge in [-0.3, -0.25) is 0 Å². The summed E-state index contributed by atoms with van der Waals surface area (Å²) in [5.74, 6) is 0. The average Bonchev–Trinajstić information content (AvgIpc) is 2.45. The predicted octanol–water partition coefficient (Wildman–Crippen LogP) is 0.452. The molecule has 72 valence electrons. The number of aromatic amines is 1. The molecule has 0 amide bonds. The van der Waals surface area contributed by atoms with Gasteiger partial charge in [-0.1, -0.05) is 17.7 Å². The van der Waals surface area contributed by atoms with E-state index in [2.05, 4.69) is 5.10 Å². The third kappa shape index (κ3) is 1.49. The van der Waals surface area contributed by atoms with Crippen molar-refractivity contribution in [3.63, 3.8) is 0 Å². The molecule has 0 unspecified atom stereocenters. The number of benzene rings is 1. The second-order valence-corrected chi connectivity index (χ2v) is 3.14. The Bertz CT molecular complexity index is 517.